The Hall–Kier alpha value is -1.33. The molecule has 1 aromatic rings. The van der Waals surface area contributed by atoms with Crippen LogP contribution in [0.3, 0.4) is 0 Å². The third kappa shape index (κ3) is 2.62. The lowest BCUT2D eigenvalue weighted by atomic mass is 10.0. The van der Waals surface area contributed by atoms with E-state index in [1.54, 1.807) is 0 Å². The maximum absolute atomic E-state index is 8.83. The van der Waals surface area contributed by atoms with Gasteiger partial charge in [0.2, 0.25) is 0 Å². The highest BCUT2D eigenvalue weighted by atomic mass is 15.1. The zero-order chi connectivity index (χ0) is 11.4. The molecule has 2 nitrogen and oxygen atoms in total. The summed E-state index contributed by atoms with van der Waals surface area (Å²) in [5.74, 6) is 0.000775. The molecule has 0 N–H and O–H groups in total. The molecule has 0 amide bonds. The van der Waals surface area contributed by atoms with Crippen LogP contribution >= 0.6 is 0 Å². The molecule has 1 aromatic carbocycles. The van der Waals surface area contributed by atoms with Crippen LogP contribution < -0.4 is 0 Å². The molecule has 1 atom stereocenters. The number of hydrogen-bond acceptors (Lipinski definition) is 2. The van der Waals surface area contributed by atoms with E-state index < -0.39 is 0 Å². The molecule has 0 spiro atoms. The Bertz CT molecular complexity index is 369. The van der Waals surface area contributed by atoms with E-state index in [0.717, 1.165) is 12.1 Å². The van der Waals surface area contributed by atoms with Gasteiger partial charge >= 0.3 is 0 Å². The van der Waals surface area contributed by atoms with Crippen molar-refractivity contribution in [2.24, 2.45) is 0 Å². The average molecular weight is 214 g/mol. The van der Waals surface area contributed by atoms with Gasteiger partial charge in [0.25, 0.3) is 0 Å². The van der Waals surface area contributed by atoms with Crippen molar-refractivity contribution in [2.75, 3.05) is 13.1 Å². The summed E-state index contributed by atoms with van der Waals surface area (Å²) in [7, 11) is 0. The number of benzene rings is 1. The molecule has 0 radical (unpaired) electrons. The van der Waals surface area contributed by atoms with E-state index in [-0.39, 0.29) is 5.92 Å². The highest BCUT2D eigenvalue weighted by Crippen LogP contribution is 2.17. The molecule has 1 fully saturated rings. The largest absolute Gasteiger partial charge is 0.299 e. The molecule has 0 bridgehead atoms. The van der Waals surface area contributed by atoms with Crippen molar-refractivity contribution in [1.82, 2.24) is 4.90 Å². The van der Waals surface area contributed by atoms with Gasteiger partial charge in [-0.2, -0.15) is 5.26 Å². The Morgan fingerprint density at radius 2 is 1.88 bits per heavy atom. The predicted octanol–water partition coefficient (Wildman–Crippen LogP) is 2.91. The summed E-state index contributed by atoms with van der Waals surface area (Å²) >= 11 is 0. The van der Waals surface area contributed by atoms with Crippen LogP contribution in [0.25, 0.3) is 0 Å². The predicted molar refractivity (Wildman–Crippen MR) is 65.0 cm³/mol. The van der Waals surface area contributed by atoms with E-state index in [9.17, 15) is 0 Å². The van der Waals surface area contributed by atoms with Gasteiger partial charge in [0.05, 0.1) is 12.0 Å². The Kier molecular flexibility index (Phi) is 3.58. The van der Waals surface area contributed by atoms with Crippen LogP contribution in [0.5, 0.6) is 0 Å². The van der Waals surface area contributed by atoms with E-state index in [1.807, 2.05) is 6.92 Å². The molecule has 0 unspecified atom stereocenters. The summed E-state index contributed by atoms with van der Waals surface area (Å²) in [6.45, 7) is 5.46. The SMILES string of the molecule is C[C@H](C#N)c1ccc(CN2CCCC2)cc1. The lowest BCUT2D eigenvalue weighted by Crippen LogP contribution is -2.18. The lowest BCUT2D eigenvalue weighted by molar-refractivity contribution is 0.331. The first kappa shape index (κ1) is 11.2. The van der Waals surface area contributed by atoms with Gasteiger partial charge < -0.3 is 0 Å². The van der Waals surface area contributed by atoms with Crippen molar-refractivity contribution in [3.05, 3.63) is 35.4 Å². The number of likely N-dealkylation sites (tertiary alicyclic amines) is 1. The van der Waals surface area contributed by atoms with Crippen molar-refractivity contribution in [3.8, 4) is 6.07 Å². The van der Waals surface area contributed by atoms with Crippen molar-refractivity contribution >= 4 is 0 Å². The first-order chi connectivity index (χ1) is 7.79. The van der Waals surface area contributed by atoms with Crippen molar-refractivity contribution in [2.45, 2.75) is 32.2 Å². The van der Waals surface area contributed by atoms with E-state index in [0.29, 0.717) is 0 Å². The molecule has 2 rings (SSSR count). The minimum Gasteiger partial charge on any atom is -0.299 e. The molecule has 0 aliphatic carbocycles. The summed E-state index contributed by atoms with van der Waals surface area (Å²) in [4.78, 5) is 2.49. The minimum atomic E-state index is 0.000775. The van der Waals surface area contributed by atoms with E-state index in [1.165, 1.54) is 31.5 Å². The van der Waals surface area contributed by atoms with Crippen molar-refractivity contribution in [3.63, 3.8) is 0 Å². The number of rotatable bonds is 3. The van der Waals surface area contributed by atoms with Gasteiger partial charge in [-0.15, -0.1) is 0 Å². The number of nitrogens with zero attached hydrogens (tertiary/aromatic N) is 2. The van der Waals surface area contributed by atoms with Crippen LogP contribution in [-0.2, 0) is 6.54 Å². The molecule has 84 valence electrons. The molecular formula is C14H18N2. The van der Waals surface area contributed by atoms with Gasteiger partial charge in [-0.05, 0) is 44.0 Å². The van der Waals surface area contributed by atoms with Gasteiger partial charge in [-0.25, -0.2) is 0 Å². The molecule has 16 heavy (non-hydrogen) atoms. The summed E-state index contributed by atoms with van der Waals surface area (Å²) < 4.78 is 0. The fourth-order valence-corrected chi connectivity index (χ4v) is 2.19. The summed E-state index contributed by atoms with van der Waals surface area (Å²) in [5, 5.41) is 8.83. The van der Waals surface area contributed by atoms with Gasteiger partial charge in [0.1, 0.15) is 0 Å². The van der Waals surface area contributed by atoms with Crippen LogP contribution in [0.4, 0.5) is 0 Å². The molecule has 1 heterocycles. The van der Waals surface area contributed by atoms with Crippen LogP contribution in [0, 0.1) is 11.3 Å². The van der Waals surface area contributed by atoms with Crippen LogP contribution in [0.1, 0.15) is 36.8 Å². The van der Waals surface area contributed by atoms with E-state index >= 15 is 0 Å². The Labute approximate surface area is 97.5 Å². The monoisotopic (exact) mass is 214 g/mol. The maximum atomic E-state index is 8.83. The van der Waals surface area contributed by atoms with Gasteiger partial charge in [-0.1, -0.05) is 24.3 Å². The summed E-state index contributed by atoms with van der Waals surface area (Å²) in [6, 6.07) is 10.7. The van der Waals surface area contributed by atoms with Crippen molar-refractivity contribution < 1.29 is 0 Å². The van der Waals surface area contributed by atoms with Crippen LogP contribution in [0.15, 0.2) is 24.3 Å². The molecule has 2 heteroatoms. The molecule has 0 aromatic heterocycles. The molecule has 1 saturated heterocycles. The highest BCUT2D eigenvalue weighted by Gasteiger charge is 2.11. The second-order valence-electron chi connectivity index (χ2n) is 4.58. The summed E-state index contributed by atoms with van der Waals surface area (Å²) in [5.41, 5.74) is 2.48. The Morgan fingerprint density at radius 3 is 2.44 bits per heavy atom. The first-order valence-electron chi connectivity index (χ1n) is 6.00. The van der Waals surface area contributed by atoms with Crippen LogP contribution in [0.2, 0.25) is 0 Å². The van der Waals surface area contributed by atoms with Crippen LogP contribution in [-0.4, -0.2) is 18.0 Å². The normalized spacial score (nSPS) is 18.2. The standard InChI is InChI=1S/C14H18N2/c1-12(10-15)14-6-4-13(5-7-14)11-16-8-2-3-9-16/h4-7,12H,2-3,8-9,11H2,1H3/t12-/m1/s1. The third-order valence-electron chi connectivity index (χ3n) is 3.28. The molecule has 1 aliphatic heterocycles. The lowest BCUT2D eigenvalue weighted by Gasteiger charge is -2.14. The second-order valence-corrected chi connectivity index (χ2v) is 4.58. The highest BCUT2D eigenvalue weighted by molar-refractivity contribution is 5.28. The third-order valence-corrected chi connectivity index (χ3v) is 3.28. The minimum absolute atomic E-state index is 0.000775. The topological polar surface area (TPSA) is 27.0 Å². The van der Waals surface area contributed by atoms with E-state index in [4.69, 9.17) is 5.26 Å². The summed E-state index contributed by atoms with van der Waals surface area (Å²) in [6.07, 6.45) is 2.67. The maximum Gasteiger partial charge on any atom is 0.0700 e. The zero-order valence-electron chi connectivity index (χ0n) is 9.82. The smallest absolute Gasteiger partial charge is 0.0700 e. The zero-order valence-corrected chi connectivity index (χ0v) is 9.82. The van der Waals surface area contributed by atoms with E-state index in [2.05, 4.69) is 35.2 Å². The fraction of sp³-hybridized carbons (Fsp3) is 0.500. The molecular weight excluding hydrogens is 196 g/mol. The number of hydrogen-bond donors (Lipinski definition) is 0. The quantitative estimate of drug-likeness (QED) is 0.773. The first-order valence-corrected chi connectivity index (χ1v) is 6.00. The fourth-order valence-electron chi connectivity index (χ4n) is 2.19. The second kappa shape index (κ2) is 5.14. The van der Waals surface area contributed by atoms with Gasteiger partial charge in [0.15, 0.2) is 0 Å². The average Bonchev–Trinajstić information content (AvgIpc) is 2.82. The number of nitriles is 1. The molecule has 1 aliphatic rings. The van der Waals surface area contributed by atoms with Gasteiger partial charge in [-0.3, -0.25) is 4.90 Å². The van der Waals surface area contributed by atoms with Gasteiger partial charge in [0, 0.05) is 6.54 Å². The Morgan fingerprint density at radius 1 is 1.25 bits per heavy atom. The molecule has 0 saturated carbocycles. The Balaban J connectivity index is 1.99. The van der Waals surface area contributed by atoms with Crippen molar-refractivity contribution in [1.29, 1.82) is 5.26 Å².